The van der Waals surface area contributed by atoms with Crippen LogP contribution in [0.3, 0.4) is 0 Å². The Hall–Kier alpha value is -0.270. The number of hydrogen-bond acceptors (Lipinski definition) is 3. The van der Waals surface area contributed by atoms with Crippen LogP contribution >= 0.6 is 0 Å². The Morgan fingerprint density at radius 1 is 1.44 bits per heavy atom. The molecule has 0 spiro atoms. The topological polar surface area (TPSA) is 72.2 Å². The summed E-state index contributed by atoms with van der Waals surface area (Å²) < 4.78 is 49.5. The number of halogens is 2. The van der Waals surface area contributed by atoms with Crippen molar-refractivity contribution in [3.8, 4) is 0 Å². The molecule has 98 valence electrons. The summed E-state index contributed by atoms with van der Waals surface area (Å²) in [5.74, 6) is 0.0272. The zero-order chi connectivity index (χ0) is 12.8. The fourth-order valence-electron chi connectivity index (χ4n) is 0.992. The van der Waals surface area contributed by atoms with Gasteiger partial charge >= 0.3 is 0 Å². The fourth-order valence-corrected chi connectivity index (χ4v) is 2.22. The molecule has 0 bridgehead atoms. The molecule has 0 aliphatic carbocycles. The second-order valence-electron chi connectivity index (χ2n) is 4.12. The quantitative estimate of drug-likeness (QED) is 0.684. The number of hydrogen-bond donors (Lipinski definition) is 2. The third kappa shape index (κ3) is 6.34. The summed E-state index contributed by atoms with van der Waals surface area (Å²) in [5, 5.41) is 0. The monoisotopic (exact) mass is 258 g/mol. The molecule has 0 saturated heterocycles. The highest BCUT2D eigenvalue weighted by atomic mass is 32.2. The molecule has 3 N–H and O–H groups in total. The number of alkyl halides is 2. The predicted octanol–water partition coefficient (Wildman–Crippen LogP) is 1.08. The molecule has 0 rings (SSSR count). The van der Waals surface area contributed by atoms with Gasteiger partial charge in [0, 0.05) is 6.54 Å². The lowest BCUT2D eigenvalue weighted by molar-refractivity contribution is 0.0598. The first-order valence-electron chi connectivity index (χ1n) is 5.25. The molecular formula is C9H20F2N2O2S. The van der Waals surface area contributed by atoms with Gasteiger partial charge in [-0.05, 0) is 19.8 Å². The van der Waals surface area contributed by atoms with E-state index >= 15 is 0 Å². The molecular weight excluding hydrogens is 238 g/mol. The van der Waals surface area contributed by atoms with Gasteiger partial charge < -0.3 is 5.73 Å². The highest BCUT2D eigenvalue weighted by Crippen LogP contribution is 2.15. The minimum absolute atomic E-state index is 0.0272. The molecule has 0 aliphatic heterocycles. The maximum Gasteiger partial charge on any atom is 0.256 e. The Balaban J connectivity index is 3.98. The highest BCUT2D eigenvalue weighted by Gasteiger charge is 2.29. The summed E-state index contributed by atoms with van der Waals surface area (Å²) in [6.45, 7) is 3.03. The SMILES string of the molecule is CCCCS(=O)(=O)NCCC(C)(N)C(F)F. The van der Waals surface area contributed by atoms with E-state index in [1.807, 2.05) is 6.92 Å². The standard InChI is InChI=1S/C9H20F2N2O2S/c1-3-4-7-16(14,15)13-6-5-9(2,12)8(10)11/h8,13H,3-7,12H2,1-2H3. The molecule has 0 heterocycles. The summed E-state index contributed by atoms with van der Waals surface area (Å²) in [6.07, 6.45) is -1.42. The molecule has 0 radical (unpaired) electrons. The van der Waals surface area contributed by atoms with E-state index in [2.05, 4.69) is 4.72 Å². The van der Waals surface area contributed by atoms with Crippen LogP contribution in [0.5, 0.6) is 0 Å². The van der Waals surface area contributed by atoms with Gasteiger partial charge in [0.05, 0.1) is 11.3 Å². The van der Waals surface area contributed by atoms with Crippen molar-refractivity contribution < 1.29 is 17.2 Å². The van der Waals surface area contributed by atoms with Gasteiger partial charge in [0.1, 0.15) is 0 Å². The number of rotatable bonds is 8. The van der Waals surface area contributed by atoms with Gasteiger partial charge in [0.25, 0.3) is 6.43 Å². The number of nitrogens with two attached hydrogens (primary N) is 1. The van der Waals surface area contributed by atoms with Crippen molar-refractivity contribution in [1.29, 1.82) is 0 Å². The van der Waals surface area contributed by atoms with Crippen LogP contribution in [0.25, 0.3) is 0 Å². The summed E-state index contributed by atoms with van der Waals surface area (Å²) >= 11 is 0. The van der Waals surface area contributed by atoms with E-state index < -0.39 is 22.0 Å². The lowest BCUT2D eigenvalue weighted by atomic mass is 10.0. The average molecular weight is 258 g/mol. The third-order valence-electron chi connectivity index (χ3n) is 2.25. The van der Waals surface area contributed by atoms with Crippen molar-refractivity contribution in [1.82, 2.24) is 4.72 Å². The van der Waals surface area contributed by atoms with Crippen LogP contribution in [0.15, 0.2) is 0 Å². The highest BCUT2D eigenvalue weighted by molar-refractivity contribution is 7.89. The number of unbranched alkanes of at least 4 members (excludes halogenated alkanes) is 1. The van der Waals surface area contributed by atoms with Gasteiger partial charge in [-0.15, -0.1) is 0 Å². The second-order valence-corrected chi connectivity index (χ2v) is 6.05. The fraction of sp³-hybridized carbons (Fsp3) is 1.00. The Kier molecular flexibility index (Phi) is 6.35. The van der Waals surface area contributed by atoms with Gasteiger partial charge in [-0.3, -0.25) is 0 Å². The molecule has 0 saturated carbocycles. The van der Waals surface area contributed by atoms with Crippen LogP contribution in [0, 0.1) is 0 Å². The van der Waals surface area contributed by atoms with Gasteiger partial charge in [-0.1, -0.05) is 13.3 Å². The normalized spacial score (nSPS) is 16.4. The van der Waals surface area contributed by atoms with Crippen molar-refractivity contribution in [3.63, 3.8) is 0 Å². The maximum atomic E-state index is 12.3. The van der Waals surface area contributed by atoms with E-state index in [0.717, 1.165) is 6.42 Å². The second kappa shape index (κ2) is 6.46. The minimum atomic E-state index is -3.34. The van der Waals surface area contributed by atoms with E-state index in [4.69, 9.17) is 5.73 Å². The first-order chi connectivity index (χ1) is 7.21. The maximum absolute atomic E-state index is 12.3. The molecule has 0 aromatic heterocycles. The van der Waals surface area contributed by atoms with Crippen molar-refractivity contribution in [3.05, 3.63) is 0 Å². The summed E-state index contributed by atoms with van der Waals surface area (Å²) in [4.78, 5) is 0. The van der Waals surface area contributed by atoms with Crippen LogP contribution in [-0.2, 0) is 10.0 Å². The van der Waals surface area contributed by atoms with Crippen LogP contribution in [0.2, 0.25) is 0 Å². The van der Waals surface area contributed by atoms with Crippen molar-refractivity contribution in [2.75, 3.05) is 12.3 Å². The summed E-state index contributed by atoms with van der Waals surface area (Å²) in [7, 11) is -3.34. The molecule has 0 amide bonds. The van der Waals surface area contributed by atoms with Crippen LogP contribution in [-0.4, -0.2) is 32.7 Å². The average Bonchev–Trinajstić information content (AvgIpc) is 2.14. The molecule has 1 atom stereocenters. The lowest BCUT2D eigenvalue weighted by Crippen LogP contribution is -2.46. The number of sulfonamides is 1. The molecule has 7 heteroatoms. The first kappa shape index (κ1) is 15.7. The van der Waals surface area contributed by atoms with Gasteiger partial charge in [-0.25, -0.2) is 21.9 Å². The Morgan fingerprint density at radius 2 is 2.00 bits per heavy atom. The minimum Gasteiger partial charge on any atom is -0.321 e. The zero-order valence-electron chi connectivity index (χ0n) is 9.67. The molecule has 0 fully saturated rings. The van der Waals surface area contributed by atoms with Crippen LogP contribution in [0.4, 0.5) is 8.78 Å². The first-order valence-corrected chi connectivity index (χ1v) is 6.91. The van der Waals surface area contributed by atoms with Crippen molar-refractivity contribution in [2.24, 2.45) is 5.73 Å². The number of nitrogens with one attached hydrogen (secondary N) is 1. The van der Waals surface area contributed by atoms with Gasteiger partial charge in [-0.2, -0.15) is 0 Å². The Labute approximate surface area is 95.6 Å². The van der Waals surface area contributed by atoms with Crippen molar-refractivity contribution in [2.45, 2.75) is 45.1 Å². The summed E-state index contributed by atoms with van der Waals surface area (Å²) in [6, 6.07) is 0. The Morgan fingerprint density at radius 3 is 2.44 bits per heavy atom. The third-order valence-corrected chi connectivity index (χ3v) is 3.72. The summed E-state index contributed by atoms with van der Waals surface area (Å²) in [5.41, 5.74) is 3.66. The molecule has 0 aliphatic rings. The molecule has 16 heavy (non-hydrogen) atoms. The van der Waals surface area contributed by atoms with Gasteiger partial charge in [0.2, 0.25) is 10.0 Å². The largest absolute Gasteiger partial charge is 0.321 e. The molecule has 1 unspecified atom stereocenters. The predicted molar refractivity (Wildman–Crippen MR) is 59.9 cm³/mol. The molecule has 0 aromatic carbocycles. The van der Waals surface area contributed by atoms with E-state index in [0.29, 0.717) is 6.42 Å². The molecule has 0 aromatic rings. The van der Waals surface area contributed by atoms with E-state index in [-0.39, 0.29) is 18.7 Å². The van der Waals surface area contributed by atoms with E-state index in [1.54, 1.807) is 0 Å². The van der Waals surface area contributed by atoms with Crippen LogP contribution in [0.1, 0.15) is 33.1 Å². The lowest BCUT2D eigenvalue weighted by Gasteiger charge is -2.23. The Bertz CT molecular complexity index is 292. The molecule has 4 nitrogen and oxygen atoms in total. The smallest absolute Gasteiger partial charge is 0.256 e. The van der Waals surface area contributed by atoms with Crippen LogP contribution < -0.4 is 10.5 Å². The van der Waals surface area contributed by atoms with Crippen molar-refractivity contribution >= 4 is 10.0 Å². The zero-order valence-corrected chi connectivity index (χ0v) is 10.5. The van der Waals surface area contributed by atoms with Gasteiger partial charge in [0.15, 0.2) is 0 Å². The van der Waals surface area contributed by atoms with E-state index in [1.165, 1.54) is 6.92 Å². The van der Waals surface area contributed by atoms with E-state index in [9.17, 15) is 17.2 Å².